The number of nitrogens with zero attached hydrogens (tertiary/aromatic N) is 1. The first-order valence-corrected chi connectivity index (χ1v) is 6.58. The first-order valence-electron chi connectivity index (χ1n) is 5.70. The van der Waals surface area contributed by atoms with Crippen molar-refractivity contribution in [2.45, 2.75) is 33.4 Å². The van der Waals surface area contributed by atoms with Crippen LogP contribution in [0.4, 0.5) is 0 Å². The average molecular weight is 226 g/mol. The van der Waals surface area contributed by atoms with Crippen LogP contribution < -0.4 is 5.32 Å². The first-order chi connectivity index (χ1) is 7.22. The van der Waals surface area contributed by atoms with E-state index < -0.39 is 0 Å². The van der Waals surface area contributed by atoms with Crippen LogP contribution in [0.5, 0.6) is 0 Å². The summed E-state index contributed by atoms with van der Waals surface area (Å²) in [6.07, 6.45) is 0. The molecule has 1 heterocycles. The predicted molar refractivity (Wildman–Crippen MR) is 68.4 cm³/mol. The number of rotatable bonds is 7. The molecule has 1 aromatic rings. The molecule has 2 nitrogen and oxygen atoms in total. The van der Waals surface area contributed by atoms with Gasteiger partial charge in [-0.1, -0.05) is 26.8 Å². The van der Waals surface area contributed by atoms with E-state index in [0.29, 0.717) is 6.04 Å². The second kappa shape index (κ2) is 6.99. The normalized spacial score (nSPS) is 11.5. The molecule has 0 fully saturated rings. The summed E-state index contributed by atoms with van der Waals surface area (Å²) in [6.45, 7) is 11.0. The molecule has 0 amide bonds. The Hall–Kier alpha value is -0.380. The van der Waals surface area contributed by atoms with Crippen molar-refractivity contribution in [2.24, 2.45) is 0 Å². The van der Waals surface area contributed by atoms with Crippen LogP contribution in [0.15, 0.2) is 17.5 Å². The van der Waals surface area contributed by atoms with Gasteiger partial charge in [0.2, 0.25) is 0 Å². The van der Waals surface area contributed by atoms with E-state index >= 15 is 0 Å². The van der Waals surface area contributed by atoms with Crippen molar-refractivity contribution < 1.29 is 0 Å². The van der Waals surface area contributed by atoms with E-state index in [-0.39, 0.29) is 0 Å². The molecular formula is C12H22N2S. The monoisotopic (exact) mass is 226 g/mol. The van der Waals surface area contributed by atoms with Crippen LogP contribution in [0.25, 0.3) is 0 Å². The first kappa shape index (κ1) is 12.7. The highest BCUT2D eigenvalue weighted by molar-refractivity contribution is 7.09. The Kier molecular flexibility index (Phi) is 5.91. The van der Waals surface area contributed by atoms with Gasteiger partial charge in [0.1, 0.15) is 0 Å². The quantitative estimate of drug-likeness (QED) is 0.769. The minimum atomic E-state index is 0.588. The van der Waals surface area contributed by atoms with Crippen molar-refractivity contribution in [1.82, 2.24) is 10.2 Å². The number of nitrogens with one attached hydrogen (secondary N) is 1. The van der Waals surface area contributed by atoms with E-state index in [9.17, 15) is 0 Å². The maximum absolute atomic E-state index is 3.45. The lowest BCUT2D eigenvalue weighted by atomic mass is 10.3. The van der Waals surface area contributed by atoms with Gasteiger partial charge < -0.3 is 5.32 Å². The summed E-state index contributed by atoms with van der Waals surface area (Å²) in [5, 5.41) is 5.60. The molecular weight excluding hydrogens is 204 g/mol. The van der Waals surface area contributed by atoms with E-state index in [1.54, 1.807) is 0 Å². The Morgan fingerprint density at radius 3 is 2.80 bits per heavy atom. The molecule has 0 bridgehead atoms. The Morgan fingerprint density at radius 2 is 2.27 bits per heavy atom. The van der Waals surface area contributed by atoms with E-state index in [1.807, 2.05) is 11.3 Å². The van der Waals surface area contributed by atoms with Gasteiger partial charge in [-0.15, -0.1) is 11.3 Å². The van der Waals surface area contributed by atoms with Crippen LogP contribution in [0, 0.1) is 0 Å². The minimum Gasteiger partial charge on any atom is -0.313 e. The molecule has 0 aliphatic rings. The zero-order chi connectivity index (χ0) is 11.1. The molecule has 0 spiro atoms. The van der Waals surface area contributed by atoms with Crippen LogP contribution in [0.1, 0.15) is 25.6 Å². The minimum absolute atomic E-state index is 0.588. The van der Waals surface area contributed by atoms with Crippen molar-refractivity contribution in [3.05, 3.63) is 22.4 Å². The van der Waals surface area contributed by atoms with Crippen LogP contribution in [-0.2, 0) is 6.54 Å². The fraction of sp³-hybridized carbons (Fsp3) is 0.667. The maximum atomic E-state index is 3.45. The van der Waals surface area contributed by atoms with E-state index in [0.717, 1.165) is 26.2 Å². The van der Waals surface area contributed by atoms with Gasteiger partial charge in [0.15, 0.2) is 0 Å². The van der Waals surface area contributed by atoms with Crippen molar-refractivity contribution in [3.8, 4) is 0 Å². The van der Waals surface area contributed by atoms with E-state index in [1.165, 1.54) is 4.88 Å². The molecule has 1 rings (SSSR count). The Labute approximate surface area is 97.3 Å². The Balaban J connectivity index is 2.24. The highest BCUT2D eigenvalue weighted by atomic mass is 32.1. The topological polar surface area (TPSA) is 15.3 Å². The molecule has 0 unspecified atom stereocenters. The molecule has 0 saturated heterocycles. The summed E-state index contributed by atoms with van der Waals surface area (Å²) in [7, 11) is 0. The second-order valence-corrected chi connectivity index (χ2v) is 5.09. The van der Waals surface area contributed by atoms with Crippen molar-refractivity contribution in [2.75, 3.05) is 19.6 Å². The van der Waals surface area contributed by atoms with Crippen molar-refractivity contribution >= 4 is 11.3 Å². The molecule has 0 atom stereocenters. The predicted octanol–water partition coefficient (Wildman–Crippen LogP) is 2.57. The Morgan fingerprint density at radius 1 is 1.47 bits per heavy atom. The van der Waals surface area contributed by atoms with E-state index in [4.69, 9.17) is 0 Å². The summed E-state index contributed by atoms with van der Waals surface area (Å²) in [5.41, 5.74) is 0. The third kappa shape index (κ3) is 5.30. The highest BCUT2D eigenvalue weighted by Crippen LogP contribution is 2.11. The second-order valence-electron chi connectivity index (χ2n) is 4.06. The van der Waals surface area contributed by atoms with Gasteiger partial charge in [0, 0.05) is 30.6 Å². The molecule has 86 valence electrons. The van der Waals surface area contributed by atoms with Gasteiger partial charge in [-0.3, -0.25) is 4.90 Å². The van der Waals surface area contributed by atoms with Gasteiger partial charge >= 0.3 is 0 Å². The highest BCUT2D eigenvalue weighted by Gasteiger charge is 2.04. The number of hydrogen-bond donors (Lipinski definition) is 1. The van der Waals surface area contributed by atoms with Gasteiger partial charge in [0.05, 0.1) is 0 Å². The zero-order valence-corrected chi connectivity index (χ0v) is 10.8. The van der Waals surface area contributed by atoms with Gasteiger partial charge in [-0.25, -0.2) is 0 Å². The molecule has 1 N–H and O–H groups in total. The standard InChI is InChI=1S/C12H22N2S/c1-4-14(8-7-13-11(2)3)10-12-6-5-9-15-12/h5-6,9,11,13H,4,7-8,10H2,1-3H3. The fourth-order valence-electron chi connectivity index (χ4n) is 1.48. The number of thiophene rings is 1. The third-order valence-corrected chi connectivity index (χ3v) is 3.25. The third-order valence-electron chi connectivity index (χ3n) is 2.39. The molecule has 0 aliphatic heterocycles. The smallest absolute Gasteiger partial charge is 0.0328 e. The number of likely N-dealkylation sites (N-methyl/N-ethyl adjacent to an activating group) is 1. The fourth-order valence-corrected chi connectivity index (χ4v) is 2.23. The summed E-state index contributed by atoms with van der Waals surface area (Å²) < 4.78 is 0. The molecule has 1 aromatic heterocycles. The molecule has 15 heavy (non-hydrogen) atoms. The zero-order valence-electron chi connectivity index (χ0n) is 9.99. The van der Waals surface area contributed by atoms with Gasteiger partial charge in [-0.2, -0.15) is 0 Å². The maximum Gasteiger partial charge on any atom is 0.0328 e. The van der Waals surface area contributed by atoms with Crippen LogP contribution in [0.3, 0.4) is 0 Å². The average Bonchev–Trinajstić information content (AvgIpc) is 2.68. The molecule has 3 heteroatoms. The number of hydrogen-bond acceptors (Lipinski definition) is 3. The van der Waals surface area contributed by atoms with Gasteiger partial charge in [0.25, 0.3) is 0 Å². The molecule has 0 aromatic carbocycles. The van der Waals surface area contributed by atoms with Crippen molar-refractivity contribution in [1.29, 1.82) is 0 Å². The molecule has 0 aliphatic carbocycles. The SMILES string of the molecule is CCN(CCNC(C)C)Cc1cccs1. The summed E-state index contributed by atoms with van der Waals surface area (Å²) in [5.74, 6) is 0. The van der Waals surface area contributed by atoms with E-state index in [2.05, 4.69) is 48.5 Å². The largest absolute Gasteiger partial charge is 0.313 e. The lowest BCUT2D eigenvalue weighted by Gasteiger charge is -2.20. The summed E-state index contributed by atoms with van der Waals surface area (Å²) >= 11 is 1.84. The summed E-state index contributed by atoms with van der Waals surface area (Å²) in [6, 6.07) is 4.93. The van der Waals surface area contributed by atoms with Crippen LogP contribution in [-0.4, -0.2) is 30.6 Å². The van der Waals surface area contributed by atoms with Crippen molar-refractivity contribution in [3.63, 3.8) is 0 Å². The lowest BCUT2D eigenvalue weighted by molar-refractivity contribution is 0.278. The lowest BCUT2D eigenvalue weighted by Crippen LogP contribution is -2.34. The van der Waals surface area contributed by atoms with Crippen LogP contribution >= 0.6 is 11.3 Å². The molecule has 0 radical (unpaired) electrons. The van der Waals surface area contributed by atoms with Gasteiger partial charge in [-0.05, 0) is 18.0 Å². The summed E-state index contributed by atoms with van der Waals surface area (Å²) in [4.78, 5) is 3.93. The van der Waals surface area contributed by atoms with Crippen LogP contribution in [0.2, 0.25) is 0 Å². The Bertz CT molecular complexity index is 244. The molecule has 0 saturated carbocycles.